The summed E-state index contributed by atoms with van der Waals surface area (Å²) >= 11 is 6.37. The van der Waals surface area contributed by atoms with Gasteiger partial charge in [0, 0.05) is 31.7 Å². The Labute approximate surface area is 201 Å². The number of ether oxygens (including phenoxy) is 2. The van der Waals surface area contributed by atoms with E-state index in [1.165, 1.54) is 0 Å². The number of benzene rings is 2. The van der Waals surface area contributed by atoms with Crippen LogP contribution in [0.5, 0.6) is 11.6 Å². The number of aryl methyl sites for hydroxylation is 1. The van der Waals surface area contributed by atoms with Crippen LogP contribution in [0.4, 0.5) is 0 Å². The molecule has 176 valence electrons. The molecule has 2 aromatic carbocycles. The van der Waals surface area contributed by atoms with Crippen LogP contribution in [-0.4, -0.2) is 51.7 Å². The lowest BCUT2D eigenvalue weighted by Crippen LogP contribution is -2.39. The Morgan fingerprint density at radius 1 is 1.15 bits per heavy atom. The predicted octanol–water partition coefficient (Wildman–Crippen LogP) is 5.31. The quantitative estimate of drug-likeness (QED) is 0.288. The third-order valence-corrected chi connectivity index (χ3v) is 5.57. The Bertz CT molecular complexity index is 1040. The first-order valence-electron chi connectivity index (χ1n) is 11.0. The molecule has 3 aromatic rings. The maximum absolute atomic E-state index is 10.5. The van der Waals surface area contributed by atoms with Gasteiger partial charge in [-0.25, -0.2) is 4.68 Å². The minimum Gasteiger partial charge on any atom is -0.437 e. The summed E-state index contributed by atoms with van der Waals surface area (Å²) in [7, 11) is 1.86. The van der Waals surface area contributed by atoms with Gasteiger partial charge < -0.3 is 14.6 Å². The fourth-order valence-corrected chi connectivity index (χ4v) is 3.73. The molecule has 1 N–H and O–H groups in total. The molecule has 0 aliphatic heterocycles. The minimum absolute atomic E-state index is 0.177. The molecule has 0 spiro atoms. The molecule has 7 heteroatoms. The Morgan fingerprint density at radius 3 is 2.52 bits per heavy atom. The third kappa shape index (κ3) is 6.68. The lowest BCUT2D eigenvalue weighted by Gasteiger charge is -2.29. The lowest BCUT2D eigenvalue weighted by molar-refractivity contribution is 0.0177. The first kappa shape index (κ1) is 25.0. The fraction of sp³-hybridized carbons (Fsp3) is 0.346. The van der Waals surface area contributed by atoms with Gasteiger partial charge in [0.05, 0.1) is 29.9 Å². The summed E-state index contributed by atoms with van der Waals surface area (Å²) in [6.45, 7) is 9.49. The molecule has 1 atom stereocenters. The van der Waals surface area contributed by atoms with Crippen LogP contribution in [0.15, 0.2) is 67.3 Å². The van der Waals surface area contributed by atoms with Crippen molar-refractivity contribution in [2.75, 3.05) is 19.8 Å². The molecular weight excluding hydrogens is 438 g/mol. The fourth-order valence-electron chi connectivity index (χ4n) is 3.55. The molecule has 0 amide bonds. The largest absolute Gasteiger partial charge is 0.437 e. The summed E-state index contributed by atoms with van der Waals surface area (Å²) in [6, 6.07) is 17.6. The summed E-state index contributed by atoms with van der Waals surface area (Å²) in [6.07, 6.45) is 1.05. The molecule has 0 saturated heterocycles. The van der Waals surface area contributed by atoms with Crippen molar-refractivity contribution in [2.24, 2.45) is 7.05 Å². The van der Waals surface area contributed by atoms with Gasteiger partial charge in [-0.05, 0) is 26.0 Å². The number of hydrogen-bond acceptors (Lipinski definition) is 5. The average Bonchev–Trinajstić information content (AvgIpc) is 3.10. The third-order valence-electron chi connectivity index (χ3n) is 5.26. The van der Waals surface area contributed by atoms with Crippen LogP contribution in [0.25, 0.3) is 11.3 Å². The highest BCUT2D eigenvalue weighted by Gasteiger charge is 2.25. The second kappa shape index (κ2) is 12.0. The maximum Gasteiger partial charge on any atom is 0.222 e. The zero-order valence-corrected chi connectivity index (χ0v) is 20.2. The zero-order chi connectivity index (χ0) is 23.8. The van der Waals surface area contributed by atoms with Crippen LogP contribution in [0.2, 0.25) is 5.02 Å². The van der Waals surface area contributed by atoms with E-state index in [1.54, 1.807) is 16.8 Å². The van der Waals surface area contributed by atoms with E-state index in [0.717, 1.165) is 16.8 Å². The predicted molar refractivity (Wildman–Crippen MR) is 133 cm³/mol. The number of aromatic nitrogens is 2. The van der Waals surface area contributed by atoms with Gasteiger partial charge in [-0.3, -0.25) is 4.90 Å². The standard InChI is InChI=1S/C26H32ClN3O3/c1-5-15-32-18-21(31)16-30(19(2)3)17-22-25(20-11-7-6-8-12-20)28-29(4)26(22)33-24-14-10-9-13-23(24)27/h5-14,19,21,31H,1,15-18H2,2-4H3. The summed E-state index contributed by atoms with van der Waals surface area (Å²) in [5.41, 5.74) is 2.76. The SMILES string of the molecule is C=CCOCC(O)CN(Cc1c(-c2ccccc2)nn(C)c1Oc1ccccc1Cl)C(C)C. The van der Waals surface area contributed by atoms with E-state index in [2.05, 4.69) is 25.3 Å². The highest BCUT2D eigenvalue weighted by molar-refractivity contribution is 6.32. The molecule has 1 aromatic heterocycles. The summed E-state index contributed by atoms with van der Waals surface area (Å²) < 4.78 is 13.5. The highest BCUT2D eigenvalue weighted by atomic mass is 35.5. The number of aliphatic hydroxyl groups is 1. The van der Waals surface area contributed by atoms with E-state index in [4.69, 9.17) is 26.2 Å². The Kier molecular flexibility index (Phi) is 9.09. The molecule has 1 unspecified atom stereocenters. The molecule has 0 aliphatic rings. The van der Waals surface area contributed by atoms with E-state index in [0.29, 0.717) is 36.3 Å². The molecular formula is C26H32ClN3O3. The molecule has 0 aliphatic carbocycles. The molecule has 0 radical (unpaired) electrons. The minimum atomic E-state index is -0.628. The topological polar surface area (TPSA) is 59.8 Å². The van der Waals surface area contributed by atoms with Gasteiger partial charge in [-0.15, -0.1) is 6.58 Å². The van der Waals surface area contributed by atoms with Crippen molar-refractivity contribution >= 4 is 11.6 Å². The van der Waals surface area contributed by atoms with Crippen molar-refractivity contribution in [3.63, 3.8) is 0 Å². The van der Waals surface area contributed by atoms with Gasteiger partial charge in [0.25, 0.3) is 0 Å². The number of nitrogens with zero attached hydrogens (tertiary/aromatic N) is 3. The van der Waals surface area contributed by atoms with Crippen LogP contribution in [0, 0.1) is 0 Å². The average molecular weight is 470 g/mol. The van der Waals surface area contributed by atoms with E-state index in [9.17, 15) is 5.11 Å². The van der Waals surface area contributed by atoms with Crippen molar-refractivity contribution < 1.29 is 14.6 Å². The molecule has 1 heterocycles. The number of para-hydroxylation sites is 1. The van der Waals surface area contributed by atoms with Crippen LogP contribution in [-0.2, 0) is 18.3 Å². The van der Waals surface area contributed by atoms with E-state index in [1.807, 2.05) is 55.6 Å². The van der Waals surface area contributed by atoms with Crippen LogP contribution >= 0.6 is 11.6 Å². The van der Waals surface area contributed by atoms with Crippen LogP contribution in [0.3, 0.4) is 0 Å². The van der Waals surface area contributed by atoms with Crippen molar-refractivity contribution in [1.82, 2.24) is 14.7 Å². The highest BCUT2D eigenvalue weighted by Crippen LogP contribution is 2.36. The first-order chi connectivity index (χ1) is 15.9. The van der Waals surface area contributed by atoms with Gasteiger partial charge in [0.2, 0.25) is 5.88 Å². The van der Waals surface area contributed by atoms with Gasteiger partial charge in [0.15, 0.2) is 0 Å². The van der Waals surface area contributed by atoms with Gasteiger partial charge in [-0.1, -0.05) is 60.1 Å². The first-order valence-corrected chi connectivity index (χ1v) is 11.4. The van der Waals surface area contributed by atoms with Gasteiger partial charge in [-0.2, -0.15) is 5.10 Å². The van der Waals surface area contributed by atoms with Crippen molar-refractivity contribution in [1.29, 1.82) is 0 Å². The van der Waals surface area contributed by atoms with Gasteiger partial charge >= 0.3 is 0 Å². The van der Waals surface area contributed by atoms with Crippen molar-refractivity contribution in [2.45, 2.75) is 32.5 Å². The number of hydrogen-bond donors (Lipinski definition) is 1. The number of rotatable bonds is 12. The smallest absolute Gasteiger partial charge is 0.222 e. The second-order valence-electron chi connectivity index (χ2n) is 8.16. The summed E-state index contributed by atoms with van der Waals surface area (Å²) in [5, 5.41) is 15.8. The Balaban J connectivity index is 1.96. The van der Waals surface area contributed by atoms with E-state index < -0.39 is 6.10 Å². The molecule has 6 nitrogen and oxygen atoms in total. The number of halogens is 1. The lowest BCUT2D eigenvalue weighted by atomic mass is 10.1. The monoisotopic (exact) mass is 469 g/mol. The maximum atomic E-state index is 10.5. The Hall–Kier alpha value is -2.64. The summed E-state index contributed by atoms with van der Waals surface area (Å²) in [4.78, 5) is 2.19. The molecule has 0 bridgehead atoms. The van der Waals surface area contributed by atoms with Crippen LogP contribution < -0.4 is 4.74 Å². The molecule has 0 fully saturated rings. The van der Waals surface area contributed by atoms with Crippen LogP contribution in [0.1, 0.15) is 19.4 Å². The Morgan fingerprint density at radius 2 is 1.85 bits per heavy atom. The second-order valence-corrected chi connectivity index (χ2v) is 8.56. The molecule has 3 rings (SSSR count). The zero-order valence-electron chi connectivity index (χ0n) is 19.4. The van der Waals surface area contributed by atoms with E-state index in [-0.39, 0.29) is 12.6 Å². The molecule has 33 heavy (non-hydrogen) atoms. The normalized spacial score (nSPS) is 12.3. The van der Waals surface area contributed by atoms with Gasteiger partial charge in [0.1, 0.15) is 11.4 Å². The number of aliphatic hydroxyl groups excluding tert-OH is 1. The summed E-state index contributed by atoms with van der Waals surface area (Å²) in [5.74, 6) is 1.18. The van der Waals surface area contributed by atoms with E-state index >= 15 is 0 Å². The van der Waals surface area contributed by atoms with Crippen molar-refractivity contribution in [3.05, 3.63) is 77.8 Å². The van der Waals surface area contributed by atoms with Crippen molar-refractivity contribution in [3.8, 4) is 22.9 Å². The molecule has 0 saturated carbocycles.